The summed E-state index contributed by atoms with van der Waals surface area (Å²) in [6.07, 6.45) is 7.75. The second-order valence-electron chi connectivity index (χ2n) is 7.60. The van der Waals surface area contributed by atoms with Crippen molar-refractivity contribution in [3.8, 4) is 11.3 Å². The van der Waals surface area contributed by atoms with Crippen molar-refractivity contribution >= 4 is 17.2 Å². The van der Waals surface area contributed by atoms with Gasteiger partial charge >= 0.3 is 0 Å². The monoisotopic (exact) mass is 427 g/mol. The van der Waals surface area contributed by atoms with Crippen LogP contribution in [0.4, 0.5) is 24.7 Å². The van der Waals surface area contributed by atoms with Crippen LogP contribution in [0, 0.1) is 18.6 Å². The molecule has 1 aliphatic rings. The van der Waals surface area contributed by atoms with E-state index in [-0.39, 0.29) is 11.6 Å². The van der Waals surface area contributed by atoms with Crippen LogP contribution in [0.3, 0.4) is 0 Å². The molecule has 1 aliphatic heterocycles. The molecule has 1 saturated heterocycles. The van der Waals surface area contributed by atoms with Crippen molar-refractivity contribution in [3.63, 3.8) is 0 Å². The van der Waals surface area contributed by atoms with E-state index in [4.69, 9.17) is 0 Å². The molecule has 0 amide bonds. The number of aryl methyl sites for hydroxylation is 1. The lowest BCUT2D eigenvalue weighted by atomic mass is 10.1. The van der Waals surface area contributed by atoms with Gasteiger partial charge in [-0.25, -0.2) is 23.1 Å². The molecule has 0 radical (unpaired) electrons. The lowest BCUT2D eigenvalue weighted by molar-refractivity contribution is 0.173. The molecule has 2 N–H and O–H groups in total. The molecule has 0 saturated carbocycles. The molecular formula is C21H20F3N7. The topological polar surface area (TPSA) is 72.1 Å². The van der Waals surface area contributed by atoms with Gasteiger partial charge in [-0.2, -0.15) is 5.10 Å². The van der Waals surface area contributed by atoms with Crippen molar-refractivity contribution in [3.05, 3.63) is 60.3 Å². The number of hydrogen-bond donors (Lipinski definition) is 2. The van der Waals surface area contributed by atoms with Gasteiger partial charge in [-0.15, -0.1) is 0 Å². The molecule has 4 aromatic rings. The van der Waals surface area contributed by atoms with Gasteiger partial charge in [0.05, 0.1) is 29.8 Å². The molecular weight excluding hydrogens is 407 g/mol. The van der Waals surface area contributed by atoms with Crippen LogP contribution in [0.15, 0.2) is 43.1 Å². The van der Waals surface area contributed by atoms with Crippen molar-refractivity contribution in [2.75, 3.05) is 18.4 Å². The van der Waals surface area contributed by atoms with Crippen molar-refractivity contribution < 1.29 is 13.2 Å². The van der Waals surface area contributed by atoms with E-state index < -0.39 is 17.8 Å². The highest BCUT2D eigenvalue weighted by Crippen LogP contribution is 2.29. The van der Waals surface area contributed by atoms with Crippen LogP contribution in [0.2, 0.25) is 0 Å². The van der Waals surface area contributed by atoms with Gasteiger partial charge in [0.1, 0.15) is 17.8 Å². The molecule has 7 nitrogen and oxygen atoms in total. The summed E-state index contributed by atoms with van der Waals surface area (Å²) in [6.45, 7) is 2.63. The van der Waals surface area contributed by atoms with Crippen LogP contribution in [-0.2, 0) is 0 Å². The summed E-state index contributed by atoms with van der Waals surface area (Å²) in [5.41, 5.74) is 2.12. The predicted molar refractivity (Wildman–Crippen MR) is 110 cm³/mol. The summed E-state index contributed by atoms with van der Waals surface area (Å²) in [7, 11) is 0. The third-order valence-electron chi connectivity index (χ3n) is 5.53. The highest BCUT2D eigenvalue weighted by Gasteiger charge is 2.26. The van der Waals surface area contributed by atoms with E-state index >= 15 is 0 Å². The maximum Gasteiger partial charge on any atom is 0.180 e. The molecule has 0 unspecified atom stereocenters. The Morgan fingerprint density at radius 3 is 2.87 bits per heavy atom. The van der Waals surface area contributed by atoms with E-state index in [1.54, 1.807) is 40.8 Å². The highest BCUT2D eigenvalue weighted by molar-refractivity contribution is 5.74. The zero-order chi connectivity index (χ0) is 21.5. The maximum atomic E-state index is 14.4. The van der Waals surface area contributed by atoms with Crippen LogP contribution < -0.4 is 10.6 Å². The molecule has 160 valence electrons. The molecule has 1 fully saturated rings. The summed E-state index contributed by atoms with van der Waals surface area (Å²) in [5, 5.41) is 10.5. The lowest BCUT2D eigenvalue weighted by Gasteiger charge is -2.26. The minimum atomic E-state index is -1.01. The molecule has 4 heterocycles. The first kappa shape index (κ1) is 19.6. The third-order valence-corrected chi connectivity index (χ3v) is 5.53. The van der Waals surface area contributed by atoms with Crippen LogP contribution >= 0.6 is 0 Å². The van der Waals surface area contributed by atoms with Crippen molar-refractivity contribution in [2.24, 2.45) is 0 Å². The van der Waals surface area contributed by atoms with Crippen LogP contribution in [-0.4, -0.2) is 43.4 Å². The number of benzene rings is 1. The minimum Gasteiger partial charge on any atom is -0.335 e. The Morgan fingerprint density at radius 2 is 2.03 bits per heavy atom. The molecule has 0 aliphatic carbocycles. The Kier molecular flexibility index (Phi) is 4.85. The zero-order valence-corrected chi connectivity index (χ0v) is 16.7. The molecule has 31 heavy (non-hydrogen) atoms. The highest BCUT2D eigenvalue weighted by atomic mass is 19.1. The Balaban J connectivity index is 1.47. The van der Waals surface area contributed by atoms with E-state index in [0.717, 1.165) is 12.6 Å². The second-order valence-corrected chi connectivity index (χ2v) is 7.60. The van der Waals surface area contributed by atoms with Gasteiger partial charge < -0.3 is 10.6 Å². The molecule has 5 rings (SSSR count). The fourth-order valence-corrected chi connectivity index (χ4v) is 3.89. The van der Waals surface area contributed by atoms with Gasteiger partial charge in [-0.3, -0.25) is 9.08 Å². The van der Waals surface area contributed by atoms with E-state index in [0.29, 0.717) is 41.4 Å². The summed E-state index contributed by atoms with van der Waals surface area (Å²) in [4.78, 5) is 8.73. The molecule has 3 aromatic heterocycles. The van der Waals surface area contributed by atoms with Crippen molar-refractivity contribution in [2.45, 2.75) is 25.6 Å². The number of nitrogens with zero attached hydrogens (tertiary/aromatic N) is 5. The van der Waals surface area contributed by atoms with Crippen LogP contribution in [0.5, 0.6) is 0 Å². The number of fused-ring (bicyclic) bond motifs is 1. The second kappa shape index (κ2) is 7.69. The predicted octanol–water partition coefficient (Wildman–Crippen LogP) is 3.80. The molecule has 0 spiro atoms. The quantitative estimate of drug-likeness (QED) is 0.519. The normalized spacial score (nSPS) is 19.1. The number of nitrogens with one attached hydrogen (secondary N) is 2. The number of imidazole rings is 1. The molecule has 0 bridgehead atoms. The van der Waals surface area contributed by atoms with E-state index in [1.165, 1.54) is 12.3 Å². The number of piperidine rings is 1. The maximum absolute atomic E-state index is 14.4. The fourth-order valence-electron chi connectivity index (χ4n) is 3.89. The Hall–Kier alpha value is -3.40. The van der Waals surface area contributed by atoms with Crippen molar-refractivity contribution in [1.29, 1.82) is 0 Å². The summed E-state index contributed by atoms with van der Waals surface area (Å²) < 4.78 is 45.6. The third kappa shape index (κ3) is 3.52. The van der Waals surface area contributed by atoms with Gasteiger partial charge in [-0.05, 0) is 31.5 Å². The van der Waals surface area contributed by atoms with Gasteiger partial charge in [0, 0.05) is 36.8 Å². The minimum absolute atomic E-state index is 0.230. The average molecular weight is 427 g/mol. The largest absolute Gasteiger partial charge is 0.335 e. The summed E-state index contributed by atoms with van der Waals surface area (Å²) in [6, 6.07) is 2.00. The SMILES string of the molecule is Cc1cc(-c2cnc(Nc3cnn([C@H]4CCNC[C@H]4F)c3)c3nccn23)c(F)cc1F. The number of anilines is 2. The first-order valence-electron chi connectivity index (χ1n) is 9.95. The van der Waals surface area contributed by atoms with Gasteiger partial charge in [-0.1, -0.05) is 0 Å². The number of alkyl halides is 1. The molecule has 10 heteroatoms. The first-order chi connectivity index (χ1) is 15.0. The standard InChI is InChI=1S/C21H20F3N7/c1-12-6-14(16(23)7-15(12)22)19-10-27-20(21-26-4-5-30(19)21)29-13-8-28-31(11-13)18-2-3-25-9-17(18)24/h4-8,10-11,17-18,25H,2-3,9H2,1H3,(H,27,29)/t17-,18+/m1/s1. The van der Waals surface area contributed by atoms with Crippen LogP contribution in [0.1, 0.15) is 18.0 Å². The van der Waals surface area contributed by atoms with Crippen molar-refractivity contribution in [1.82, 2.24) is 29.5 Å². The first-order valence-corrected chi connectivity index (χ1v) is 9.95. The molecule has 2 atom stereocenters. The fraction of sp³-hybridized carbons (Fsp3) is 0.286. The van der Waals surface area contributed by atoms with Gasteiger partial charge in [0.25, 0.3) is 0 Å². The Morgan fingerprint density at radius 1 is 1.16 bits per heavy atom. The Bertz CT molecular complexity index is 1250. The number of hydrogen-bond acceptors (Lipinski definition) is 5. The zero-order valence-electron chi connectivity index (χ0n) is 16.7. The number of halogens is 3. The van der Waals surface area contributed by atoms with Crippen LogP contribution in [0.25, 0.3) is 16.9 Å². The van der Waals surface area contributed by atoms with E-state index in [2.05, 4.69) is 25.7 Å². The van der Waals surface area contributed by atoms with Gasteiger partial charge in [0.15, 0.2) is 11.5 Å². The van der Waals surface area contributed by atoms with Gasteiger partial charge in [0.2, 0.25) is 0 Å². The van der Waals surface area contributed by atoms with E-state index in [1.807, 2.05) is 0 Å². The smallest absolute Gasteiger partial charge is 0.180 e. The summed E-state index contributed by atoms with van der Waals surface area (Å²) in [5.74, 6) is -0.838. The average Bonchev–Trinajstić information content (AvgIpc) is 3.42. The summed E-state index contributed by atoms with van der Waals surface area (Å²) >= 11 is 0. The number of aromatic nitrogens is 5. The van der Waals surface area contributed by atoms with E-state index in [9.17, 15) is 13.2 Å². The number of rotatable bonds is 4. The Labute approximate surface area is 175 Å². The molecule has 1 aromatic carbocycles. The lowest BCUT2D eigenvalue weighted by Crippen LogP contribution is -2.39.